The van der Waals surface area contributed by atoms with Gasteiger partial charge >= 0.3 is 11.9 Å². The van der Waals surface area contributed by atoms with E-state index in [0.717, 1.165) is 6.42 Å². The van der Waals surface area contributed by atoms with Gasteiger partial charge in [-0.15, -0.1) is 0 Å². The average Bonchev–Trinajstić information content (AvgIpc) is 3.85. The van der Waals surface area contributed by atoms with E-state index >= 15 is 0 Å². The third-order valence-corrected chi connectivity index (χ3v) is 7.77. The molecular formula is C36H59N3O13. The number of Topliss-reactive ketones (excluding diaryl/α,β-unsaturated/α-hetero) is 2. The molecular weight excluding hydrogens is 682 g/mol. The Labute approximate surface area is 305 Å². The summed E-state index contributed by atoms with van der Waals surface area (Å²) >= 11 is 0. The number of carboxylic acids is 3. The van der Waals surface area contributed by atoms with Crippen LogP contribution in [0.15, 0.2) is 60.7 Å². The van der Waals surface area contributed by atoms with Gasteiger partial charge in [0.25, 0.3) is 0 Å². The van der Waals surface area contributed by atoms with Crippen molar-refractivity contribution in [3.63, 3.8) is 0 Å². The number of carboxylic acid groups (broad SMARTS) is 3. The SMILES string of the molecule is C.C.C.CC(=O)C1(N)CCOC1.CC(=O)[C@]1([NH3+])CCOC1.NC1(C(=O)O)CCOC1.O=C(O)[C@@H](O)c1ccccc1.O=C([O-])[C@@H](O)c1ccccc1. The number of carbonyl (C=O) groups is 5. The molecule has 3 heterocycles. The first-order valence-corrected chi connectivity index (χ1v) is 15.2. The van der Waals surface area contributed by atoms with E-state index in [1.54, 1.807) is 55.5 Å². The number of carbonyl (C=O) groups excluding carboxylic acids is 3. The van der Waals surface area contributed by atoms with Gasteiger partial charge in [0.15, 0.2) is 23.2 Å². The van der Waals surface area contributed by atoms with Crippen LogP contribution in [0.3, 0.4) is 0 Å². The number of quaternary nitrogens is 1. The van der Waals surface area contributed by atoms with Crippen LogP contribution in [-0.4, -0.2) is 106 Å². The molecule has 3 aliphatic heterocycles. The van der Waals surface area contributed by atoms with E-state index in [2.05, 4.69) is 5.73 Å². The van der Waals surface area contributed by atoms with Crippen molar-refractivity contribution < 1.29 is 69.4 Å². The van der Waals surface area contributed by atoms with E-state index < -0.39 is 46.7 Å². The number of rotatable bonds is 7. The monoisotopic (exact) mass is 741 g/mol. The van der Waals surface area contributed by atoms with E-state index in [-0.39, 0.29) is 40.5 Å². The fourth-order valence-corrected chi connectivity index (χ4v) is 4.04. The highest BCUT2D eigenvalue weighted by molar-refractivity contribution is 5.86. The molecule has 5 rings (SSSR count). The molecule has 11 N–H and O–H groups in total. The molecule has 3 fully saturated rings. The van der Waals surface area contributed by atoms with Gasteiger partial charge in [-0.2, -0.15) is 0 Å². The first-order chi connectivity index (χ1) is 22.9. The Hall–Kier alpha value is -4.13. The Balaban J connectivity index is -0.000000571. The molecule has 0 bridgehead atoms. The quantitative estimate of drug-likeness (QED) is 0.197. The summed E-state index contributed by atoms with van der Waals surface area (Å²) in [5.74, 6) is -3.51. The molecule has 0 radical (unpaired) electrons. The lowest BCUT2D eigenvalue weighted by molar-refractivity contribution is -0.453. The van der Waals surface area contributed by atoms with Crippen molar-refractivity contribution in [1.82, 2.24) is 0 Å². The van der Waals surface area contributed by atoms with Gasteiger partial charge in [-0.1, -0.05) is 82.9 Å². The van der Waals surface area contributed by atoms with Crippen LogP contribution in [0.4, 0.5) is 0 Å². The summed E-state index contributed by atoms with van der Waals surface area (Å²) in [5.41, 5.74) is 13.3. The molecule has 2 aromatic carbocycles. The van der Waals surface area contributed by atoms with Crippen LogP contribution < -0.4 is 22.3 Å². The number of aliphatic carboxylic acids is 3. The Kier molecular flexibility index (Phi) is 25.1. The zero-order valence-electron chi connectivity index (χ0n) is 27.6. The van der Waals surface area contributed by atoms with E-state index in [1.165, 1.54) is 19.1 Å². The van der Waals surface area contributed by atoms with Crippen LogP contribution in [0, 0.1) is 0 Å². The van der Waals surface area contributed by atoms with Gasteiger partial charge in [0, 0.05) is 33.0 Å². The third kappa shape index (κ3) is 17.4. The highest BCUT2D eigenvalue weighted by atomic mass is 16.5. The zero-order valence-corrected chi connectivity index (χ0v) is 27.6. The van der Waals surface area contributed by atoms with Crippen LogP contribution in [0.25, 0.3) is 0 Å². The van der Waals surface area contributed by atoms with Gasteiger partial charge in [-0.05, 0) is 24.5 Å². The number of nitrogens with two attached hydrogens (primary N) is 2. The number of hydrogen-bond donors (Lipinski definition) is 7. The highest BCUT2D eigenvalue weighted by Gasteiger charge is 2.39. The van der Waals surface area contributed by atoms with Crippen molar-refractivity contribution >= 4 is 29.5 Å². The first-order valence-electron chi connectivity index (χ1n) is 15.2. The van der Waals surface area contributed by atoms with Crippen LogP contribution in [0.2, 0.25) is 0 Å². The Morgan fingerprint density at radius 2 is 1.06 bits per heavy atom. The molecule has 52 heavy (non-hydrogen) atoms. The van der Waals surface area contributed by atoms with Crippen LogP contribution in [0.1, 0.15) is 78.7 Å². The Morgan fingerprint density at radius 1 is 0.673 bits per heavy atom. The summed E-state index contributed by atoms with van der Waals surface area (Å²) in [7, 11) is 0. The lowest BCUT2D eigenvalue weighted by Crippen LogP contribution is -2.76. The topological polar surface area (TPSA) is 297 Å². The van der Waals surface area contributed by atoms with E-state index in [9.17, 15) is 29.1 Å². The molecule has 0 spiro atoms. The van der Waals surface area contributed by atoms with Gasteiger partial charge in [0.2, 0.25) is 0 Å². The Morgan fingerprint density at radius 3 is 1.29 bits per heavy atom. The molecule has 16 heteroatoms. The number of ether oxygens (including phenoxy) is 3. The second kappa shape index (κ2) is 24.9. The molecule has 3 aliphatic rings. The maximum atomic E-state index is 10.8. The summed E-state index contributed by atoms with van der Waals surface area (Å²) < 4.78 is 14.8. The van der Waals surface area contributed by atoms with Gasteiger partial charge in [0.05, 0.1) is 25.8 Å². The standard InChI is InChI=1S/2C8H8O3.2C6H11NO2.C5H9NO3.3CH4/c2*9-7(8(10)11)6-4-2-1-3-5-6;2*1-5(8)6(7)2-3-9-4-6;6-5(4(7)8)1-2-9-3-5;;;/h2*1-5,7,9H,(H,10,11);2*2-4,7H2,1H3;1-3,6H2,(H,7,8);3*1H4/t2*7-;6-;;;;;/m000...../s1. The van der Waals surface area contributed by atoms with Crippen molar-refractivity contribution in [1.29, 1.82) is 0 Å². The minimum absolute atomic E-state index is 0. The number of ketones is 2. The minimum Gasteiger partial charge on any atom is -0.547 e. The van der Waals surface area contributed by atoms with Crippen molar-refractivity contribution in [3.05, 3.63) is 71.8 Å². The summed E-state index contributed by atoms with van der Waals surface area (Å²) in [6, 6.07) is 16.4. The largest absolute Gasteiger partial charge is 0.547 e. The van der Waals surface area contributed by atoms with Crippen molar-refractivity contribution in [3.8, 4) is 0 Å². The van der Waals surface area contributed by atoms with Crippen molar-refractivity contribution in [2.75, 3.05) is 39.6 Å². The fraction of sp³-hybridized carbons (Fsp3) is 0.528. The first kappa shape index (κ1) is 52.2. The fourth-order valence-electron chi connectivity index (χ4n) is 4.04. The maximum Gasteiger partial charge on any atom is 0.337 e. The van der Waals surface area contributed by atoms with Gasteiger partial charge in [-0.25, -0.2) is 4.79 Å². The predicted octanol–water partition coefficient (Wildman–Crippen LogP) is 0.0412. The van der Waals surface area contributed by atoms with Crippen molar-refractivity contribution in [2.24, 2.45) is 11.5 Å². The summed E-state index contributed by atoms with van der Waals surface area (Å²) in [6.45, 7) is 5.88. The van der Waals surface area contributed by atoms with Gasteiger partial charge in [0.1, 0.15) is 23.8 Å². The molecule has 0 saturated carbocycles. The maximum absolute atomic E-state index is 10.8. The smallest absolute Gasteiger partial charge is 0.337 e. The molecule has 0 aliphatic carbocycles. The van der Waals surface area contributed by atoms with Gasteiger partial charge in [-0.3, -0.25) is 14.4 Å². The minimum atomic E-state index is -1.52. The average molecular weight is 742 g/mol. The molecule has 0 amide bonds. The van der Waals surface area contributed by atoms with Crippen LogP contribution >= 0.6 is 0 Å². The molecule has 2 unspecified atom stereocenters. The summed E-state index contributed by atoms with van der Waals surface area (Å²) in [5, 5.41) is 44.9. The van der Waals surface area contributed by atoms with E-state index in [0.29, 0.717) is 57.0 Å². The van der Waals surface area contributed by atoms with Crippen molar-refractivity contribution in [2.45, 2.75) is 84.2 Å². The molecule has 0 aromatic heterocycles. The molecule has 296 valence electrons. The number of hydrogen-bond acceptors (Lipinski definition) is 13. The molecule has 16 nitrogen and oxygen atoms in total. The summed E-state index contributed by atoms with van der Waals surface area (Å²) in [6.07, 6.45) is -1.06. The normalized spacial score (nSPS) is 23.4. The van der Waals surface area contributed by atoms with Crippen LogP contribution in [0.5, 0.6) is 0 Å². The van der Waals surface area contributed by atoms with E-state index in [4.69, 9.17) is 46.1 Å². The summed E-state index contributed by atoms with van der Waals surface area (Å²) in [4.78, 5) is 52.3. The zero-order chi connectivity index (χ0) is 37.3. The second-order valence-corrected chi connectivity index (χ2v) is 11.7. The Bertz CT molecular complexity index is 1210. The number of benzene rings is 2. The molecule has 5 atom stereocenters. The molecule has 3 saturated heterocycles. The predicted molar refractivity (Wildman–Crippen MR) is 190 cm³/mol. The number of aliphatic hydroxyl groups is 2. The van der Waals surface area contributed by atoms with Crippen LogP contribution in [-0.2, 0) is 38.2 Å². The highest BCUT2D eigenvalue weighted by Crippen LogP contribution is 2.16. The lowest BCUT2D eigenvalue weighted by atomic mass is 9.96. The third-order valence-electron chi connectivity index (χ3n) is 7.77. The number of aliphatic hydroxyl groups excluding tert-OH is 2. The second-order valence-electron chi connectivity index (χ2n) is 11.7. The van der Waals surface area contributed by atoms with E-state index in [1.807, 2.05) is 0 Å². The molecule has 2 aromatic rings. The lowest BCUT2D eigenvalue weighted by Gasteiger charge is -2.16. The van der Waals surface area contributed by atoms with Gasteiger partial charge < -0.3 is 61.7 Å².